The molecule has 2 rings (SSSR count). The van der Waals surface area contributed by atoms with Crippen LogP contribution < -0.4 is 0 Å². The molecule has 1 aliphatic rings. The predicted octanol–water partition coefficient (Wildman–Crippen LogP) is 0.624. The highest BCUT2D eigenvalue weighted by Gasteiger charge is 2.22. The van der Waals surface area contributed by atoms with E-state index in [1.54, 1.807) is 11.0 Å². The monoisotopic (exact) mass is 251 g/mol. The molecule has 18 heavy (non-hydrogen) atoms. The molecule has 1 atom stereocenters. The van der Waals surface area contributed by atoms with E-state index in [1.807, 2.05) is 0 Å². The lowest BCUT2D eigenvalue weighted by atomic mass is 10.1. The van der Waals surface area contributed by atoms with Crippen LogP contribution in [0.25, 0.3) is 0 Å². The number of phenolic OH excluding ortho intramolecular Hbond substituents is 2. The SMILES string of the molecule is O=C(Cc1ccc(O)c(O)c1)N1CCCC(O)C1. The molecule has 0 spiro atoms. The number of carbonyl (C=O) groups excluding carboxylic acids is 1. The van der Waals surface area contributed by atoms with Crippen LogP contribution in [0, 0.1) is 0 Å². The molecule has 0 bridgehead atoms. The van der Waals surface area contributed by atoms with Crippen molar-refractivity contribution in [3.05, 3.63) is 23.8 Å². The number of β-amino-alcohol motifs (C(OH)–C–C–N with tert-alkyl or cyclic N) is 1. The van der Waals surface area contributed by atoms with Crippen molar-refractivity contribution < 1.29 is 20.1 Å². The Bertz CT molecular complexity index is 447. The van der Waals surface area contributed by atoms with Crippen LogP contribution in [0.4, 0.5) is 0 Å². The number of hydrogen-bond acceptors (Lipinski definition) is 4. The lowest BCUT2D eigenvalue weighted by Crippen LogP contribution is -2.42. The molecule has 1 aromatic rings. The smallest absolute Gasteiger partial charge is 0.227 e. The highest BCUT2D eigenvalue weighted by molar-refractivity contribution is 5.79. The molecule has 1 aromatic carbocycles. The van der Waals surface area contributed by atoms with Gasteiger partial charge in [-0.15, -0.1) is 0 Å². The summed E-state index contributed by atoms with van der Waals surface area (Å²) in [6, 6.07) is 4.35. The van der Waals surface area contributed by atoms with Gasteiger partial charge in [-0.1, -0.05) is 6.07 Å². The number of hydrogen-bond donors (Lipinski definition) is 3. The maximum atomic E-state index is 12.0. The summed E-state index contributed by atoms with van der Waals surface area (Å²) >= 11 is 0. The Hall–Kier alpha value is -1.75. The largest absolute Gasteiger partial charge is 0.504 e. The highest BCUT2D eigenvalue weighted by atomic mass is 16.3. The summed E-state index contributed by atoms with van der Waals surface area (Å²) in [5.74, 6) is -0.489. The minimum absolute atomic E-state index is 0.0705. The van der Waals surface area contributed by atoms with Gasteiger partial charge in [-0.25, -0.2) is 0 Å². The van der Waals surface area contributed by atoms with Crippen LogP contribution in [-0.2, 0) is 11.2 Å². The first-order chi connectivity index (χ1) is 8.56. The van der Waals surface area contributed by atoms with Crippen molar-refractivity contribution in [1.82, 2.24) is 4.90 Å². The Labute approximate surface area is 105 Å². The van der Waals surface area contributed by atoms with Gasteiger partial charge in [0.05, 0.1) is 12.5 Å². The van der Waals surface area contributed by atoms with Crippen molar-refractivity contribution in [3.63, 3.8) is 0 Å². The fourth-order valence-corrected chi connectivity index (χ4v) is 2.15. The summed E-state index contributed by atoms with van der Waals surface area (Å²) in [5, 5.41) is 28.0. The van der Waals surface area contributed by atoms with E-state index < -0.39 is 6.10 Å². The van der Waals surface area contributed by atoms with Gasteiger partial charge in [0.15, 0.2) is 11.5 Å². The molecular formula is C13H17NO4. The van der Waals surface area contributed by atoms with Gasteiger partial charge in [-0.2, -0.15) is 0 Å². The summed E-state index contributed by atoms with van der Waals surface area (Å²) in [4.78, 5) is 13.6. The molecule has 0 radical (unpaired) electrons. The van der Waals surface area contributed by atoms with E-state index in [2.05, 4.69) is 0 Å². The number of benzene rings is 1. The molecule has 98 valence electrons. The zero-order valence-electron chi connectivity index (χ0n) is 10.0. The zero-order valence-corrected chi connectivity index (χ0v) is 10.0. The van der Waals surface area contributed by atoms with Gasteiger partial charge in [0, 0.05) is 13.1 Å². The van der Waals surface area contributed by atoms with Crippen molar-refractivity contribution in [2.24, 2.45) is 0 Å². The van der Waals surface area contributed by atoms with Gasteiger partial charge in [-0.05, 0) is 30.5 Å². The van der Waals surface area contributed by atoms with Crippen LogP contribution in [-0.4, -0.2) is 45.3 Å². The van der Waals surface area contributed by atoms with Crippen molar-refractivity contribution in [3.8, 4) is 11.5 Å². The van der Waals surface area contributed by atoms with Crippen LogP contribution in [0.15, 0.2) is 18.2 Å². The third-order valence-electron chi connectivity index (χ3n) is 3.14. The predicted molar refractivity (Wildman–Crippen MR) is 65.3 cm³/mol. The summed E-state index contributed by atoms with van der Waals surface area (Å²) in [6.45, 7) is 1.04. The van der Waals surface area contributed by atoms with Crippen LogP contribution in [0.5, 0.6) is 11.5 Å². The fourth-order valence-electron chi connectivity index (χ4n) is 2.15. The minimum Gasteiger partial charge on any atom is -0.504 e. The van der Waals surface area contributed by atoms with Gasteiger partial charge in [0.2, 0.25) is 5.91 Å². The Morgan fingerprint density at radius 1 is 1.33 bits per heavy atom. The van der Waals surface area contributed by atoms with Gasteiger partial charge in [0.1, 0.15) is 0 Å². The molecule has 1 unspecified atom stereocenters. The molecule has 5 heteroatoms. The number of carbonyl (C=O) groups is 1. The third-order valence-corrected chi connectivity index (χ3v) is 3.14. The second kappa shape index (κ2) is 5.27. The van der Waals surface area contributed by atoms with Crippen molar-refractivity contribution >= 4 is 5.91 Å². The van der Waals surface area contributed by atoms with E-state index in [9.17, 15) is 20.1 Å². The van der Waals surface area contributed by atoms with Gasteiger partial charge < -0.3 is 20.2 Å². The van der Waals surface area contributed by atoms with E-state index in [4.69, 9.17) is 0 Å². The number of aromatic hydroxyl groups is 2. The van der Waals surface area contributed by atoms with Crippen molar-refractivity contribution in [1.29, 1.82) is 0 Å². The first kappa shape index (κ1) is 12.7. The fraction of sp³-hybridized carbons (Fsp3) is 0.462. The van der Waals surface area contributed by atoms with Crippen LogP contribution >= 0.6 is 0 Å². The number of likely N-dealkylation sites (tertiary alicyclic amines) is 1. The molecule has 0 aliphatic carbocycles. The Morgan fingerprint density at radius 2 is 2.11 bits per heavy atom. The number of nitrogens with zero attached hydrogens (tertiary/aromatic N) is 1. The quantitative estimate of drug-likeness (QED) is 0.673. The maximum absolute atomic E-state index is 12.0. The molecule has 1 amide bonds. The number of piperidine rings is 1. The summed E-state index contributed by atoms with van der Waals surface area (Å²) in [7, 11) is 0. The molecule has 3 N–H and O–H groups in total. The molecule has 1 fully saturated rings. The van der Waals surface area contributed by atoms with Gasteiger partial charge in [0.25, 0.3) is 0 Å². The molecule has 1 saturated heterocycles. The number of aliphatic hydroxyl groups is 1. The maximum Gasteiger partial charge on any atom is 0.227 e. The van der Waals surface area contributed by atoms with E-state index in [0.29, 0.717) is 18.7 Å². The van der Waals surface area contributed by atoms with Crippen LogP contribution in [0.3, 0.4) is 0 Å². The lowest BCUT2D eigenvalue weighted by Gasteiger charge is -2.30. The molecular weight excluding hydrogens is 234 g/mol. The molecule has 0 aromatic heterocycles. The molecule has 0 saturated carbocycles. The number of rotatable bonds is 2. The number of aliphatic hydroxyl groups excluding tert-OH is 1. The molecule has 5 nitrogen and oxygen atoms in total. The van der Waals surface area contributed by atoms with Crippen molar-refractivity contribution in [2.75, 3.05) is 13.1 Å². The topological polar surface area (TPSA) is 81.0 Å². The minimum atomic E-state index is -0.434. The van der Waals surface area contributed by atoms with E-state index >= 15 is 0 Å². The standard InChI is InChI=1S/C13H17NO4/c15-10-2-1-5-14(8-10)13(18)7-9-3-4-11(16)12(17)6-9/h3-4,6,10,15-17H,1-2,5,7-8H2. The Morgan fingerprint density at radius 3 is 2.78 bits per heavy atom. The second-order valence-electron chi connectivity index (χ2n) is 4.64. The second-order valence-corrected chi connectivity index (χ2v) is 4.64. The van der Waals surface area contributed by atoms with E-state index in [1.165, 1.54) is 12.1 Å². The Kier molecular flexibility index (Phi) is 3.72. The molecule has 1 heterocycles. The summed E-state index contributed by atoms with van der Waals surface area (Å²) < 4.78 is 0. The highest BCUT2D eigenvalue weighted by Crippen LogP contribution is 2.25. The number of phenols is 2. The summed E-state index contributed by atoms with van der Waals surface area (Å²) in [6.07, 6.45) is 1.29. The third kappa shape index (κ3) is 2.92. The summed E-state index contributed by atoms with van der Waals surface area (Å²) in [5.41, 5.74) is 0.648. The molecule has 1 aliphatic heterocycles. The normalized spacial score (nSPS) is 19.8. The average molecular weight is 251 g/mol. The van der Waals surface area contributed by atoms with Gasteiger partial charge >= 0.3 is 0 Å². The van der Waals surface area contributed by atoms with E-state index in [0.717, 1.165) is 12.8 Å². The van der Waals surface area contributed by atoms with Crippen molar-refractivity contribution in [2.45, 2.75) is 25.4 Å². The van der Waals surface area contributed by atoms with Crippen LogP contribution in [0.1, 0.15) is 18.4 Å². The van der Waals surface area contributed by atoms with Crippen LogP contribution in [0.2, 0.25) is 0 Å². The first-order valence-corrected chi connectivity index (χ1v) is 6.03. The zero-order chi connectivity index (χ0) is 13.1. The first-order valence-electron chi connectivity index (χ1n) is 6.03. The van der Waals surface area contributed by atoms with Gasteiger partial charge in [-0.3, -0.25) is 4.79 Å². The average Bonchev–Trinajstić information content (AvgIpc) is 2.34. The number of amides is 1. The Balaban J connectivity index is 2.00. The lowest BCUT2D eigenvalue weighted by molar-refractivity contribution is -0.133. The van der Waals surface area contributed by atoms with E-state index in [-0.39, 0.29) is 23.8 Å².